The number of nitrogens with one attached hydrogen (secondary N) is 1. The maximum Gasteiger partial charge on any atom is 0.417 e. The van der Waals surface area contributed by atoms with Crippen molar-refractivity contribution in [2.45, 2.75) is 13.1 Å². The molecule has 4 aromatic rings. The Morgan fingerprint density at radius 2 is 2.00 bits per heavy atom. The van der Waals surface area contributed by atoms with Crippen LogP contribution in [-0.4, -0.2) is 15.9 Å². The molecule has 0 aliphatic heterocycles. The molecule has 0 fully saturated rings. The van der Waals surface area contributed by atoms with Crippen molar-refractivity contribution in [1.82, 2.24) is 9.97 Å². The summed E-state index contributed by atoms with van der Waals surface area (Å²) in [7, 11) is 0. The first-order valence-corrected chi connectivity index (χ1v) is 8.99. The van der Waals surface area contributed by atoms with Gasteiger partial charge < -0.3 is 11.1 Å². The van der Waals surface area contributed by atoms with E-state index in [0.717, 1.165) is 17.4 Å². The summed E-state index contributed by atoms with van der Waals surface area (Å²) in [6.45, 7) is 1.47. The van der Waals surface area contributed by atoms with Crippen molar-refractivity contribution in [2.75, 3.05) is 11.1 Å². The highest BCUT2D eigenvalue weighted by atomic mass is 32.1. The number of aromatic nitrogens is 2. The number of aryl methyl sites for hydroxylation is 1. The van der Waals surface area contributed by atoms with Gasteiger partial charge in [-0.05, 0) is 37.3 Å². The lowest BCUT2D eigenvalue weighted by molar-refractivity contribution is -0.136. The Balaban J connectivity index is 1.81. The minimum Gasteiger partial charge on any atom is -0.397 e. The lowest BCUT2D eigenvalue weighted by Gasteiger charge is -2.10. The van der Waals surface area contributed by atoms with Crippen LogP contribution in [-0.2, 0) is 6.18 Å². The molecule has 0 unspecified atom stereocenters. The number of thiophene rings is 1. The molecule has 3 aromatic heterocycles. The van der Waals surface area contributed by atoms with Gasteiger partial charge in [-0.1, -0.05) is 6.07 Å². The summed E-state index contributed by atoms with van der Waals surface area (Å²) in [5.41, 5.74) is 6.21. The largest absolute Gasteiger partial charge is 0.417 e. The Kier molecular flexibility index (Phi) is 4.19. The third-order valence-corrected chi connectivity index (χ3v) is 5.33. The number of hydrogen-bond acceptors (Lipinski definition) is 5. The second-order valence-electron chi connectivity index (χ2n) is 6.16. The van der Waals surface area contributed by atoms with E-state index < -0.39 is 17.6 Å². The number of amides is 1. The molecule has 0 saturated heterocycles. The van der Waals surface area contributed by atoms with E-state index in [4.69, 9.17) is 5.73 Å². The van der Waals surface area contributed by atoms with E-state index in [2.05, 4.69) is 15.3 Å². The number of alkyl halides is 3. The van der Waals surface area contributed by atoms with Gasteiger partial charge in [0, 0.05) is 22.7 Å². The van der Waals surface area contributed by atoms with Gasteiger partial charge in [0.15, 0.2) is 0 Å². The van der Waals surface area contributed by atoms with E-state index in [1.807, 2.05) is 0 Å². The maximum atomic E-state index is 13.4. The lowest BCUT2D eigenvalue weighted by atomic mass is 10.1. The van der Waals surface area contributed by atoms with Gasteiger partial charge in [0.25, 0.3) is 5.91 Å². The summed E-state index contributed by atoms with van der Waals surface area (Å²) >= 11 is 0.837. The third-order valence-electron chi connectivity index (χ3n) is 4.23. The highest BCUT2D eigenvalue weighted by Crippen LogP contribution is 2.42. The average Bonchev–Trinajstić information content (AvgIpc) is 2.97. The molecular formula is C19H13F3N4OS. The lowest BCUT2D eigenvalue weighted by Crippen LogP contribution is -2.13. The maximum absolute atomic E-state index is 13.4. The van der Waals surface area contributed by atoms with Gasteiger partial charge in [0.1, 0.15) is 9.71 Å². The second kappa shape index (κ2) is 6.45. The van der Waals surface area contributed by atoms with Gasteiger partial charge in [-0.3, -0.25) is 9.78 Å². The van der Waals surface area contributed by atoms with Crippen LogP contribution in [0.5, 0.6) is 0 Å². The fraction of sp³-hybridized carbons (Fsp3) is 0.105. The van der Waals surface area contributed by atoms with Gasteiger partial charge >= 0.3 is 6.18 Å². The van der Waals surface area contributed by atoms with Crippen LogP contribution in [0.3, 0.4) is 0 Å². The molecule has 0 spiro atoms. The molecule has 28 heavy (non-hydrogen) atoms. The number of benzene rings is 1. The van der Waals surface area contributed by atoms with Crippen LogP contribution in [0.2, 0.25) is 0 Å². The first kappa shape index (κ1) is 18.2. The number of nitrogens with zero attached hydrogens (tertiary/aromatic N) is 2. The minimum atomic E-state index is -4.60. The van der Waals surface area contributed by atoms with E-state index in [-0.39, 0.29) is 26.5 Å². The predicted octanol–water partition coefficient (Wildman–Crippen LogP) is 5.01. The molecule has 5 nitrogen and oxygen atoms in total. The number of pyridine rings is 2. The molecule has 142 valence electrons. The summed E-state index contributed by atoms with van der Waals surface area (Å²) in [6, 6.07) is 9.67. The van der Waals surface area contributed by atoms with E-state index in [1.165, 1.54) is 6.92 Å². The van der Waals surface area contributed by atoms with Crippen LogP contribution in [0.25, 0.3) is 21.1 Å². The van der Waals surface area contributed by atoms with Crippen LogP contribution >= 0.6 is 11.3 Å². The number of nitrogens with two attached hydrogens (primary N) is 1. The fourth-order valence-electron chi connectivity index (χ4n) is 3.03. The van der Waals surface area contributed by atoms with Crippen molar-refractivity contribution in [3.63, 3.8) is 0 Å². The molecular weight excluding hydrogens is 389 g/mol. The summed E-state index contributed by atoms with van der Waals surface area (Å²) in [4.78, 5) is 21.2. The molecule has 0 aliphatic rings. The van der Waals surface area contributed by atoms with E-state index >= 15 is 0 Å². The van der Waals surface area contributed by atoms with Crippen molar-refractivity contribution in [1.29, 1.82) is 0 Å². The summed E-state index contributed by atoms with van der Waals surface area (Å²) in [5, 5.41) is 3.19. The van der Waals surface area contributed by atoms with Gasteiger partial charge in [-0.25, -0.2) is 4.98 Å². The Morgan fingerprint density at radius 1 is 1.21 bits per heavy atom. The monoisotopic (exact) mass is 402 g/mol. The van der Waals surface area contributed by atoms with Gasteiger partial charge in [0.05, 0.1) is 22.5 Å². The van der Waals surface area contributed by atoms with Gasteiger partial charge in [-0.15, -0.1) is 11.3 Å². The first-order chi connectivity index (χ1) is 13.3. The average molecular weight is 402 g/mol. The number of hydrogen-bond donors (Lipinski definition) is 2. The number of nitrogen functional groups attached to an aromatic ring is 1. The predicted molar refractivity (Wildman–Crippen MR) is 103 cm³/mol. The molecule has 0 aliphatic carbocycles. The number of fused-ring (bicyclic) bond motifs is 2. The molecule has 0 radical (unpaired) electrons. The molecule has 0 saturated carbocycles. The van der Waals surface area contributed by atoms with Crippen LogP contribution in [0.4, 0.5) is 24.5 Å². The van der Waals surface area contributed by atoms with Gasteiger partial charge in [0.2, 0.25) is 0 Å². The SMILES string of the molecule is Cc1cc(C(F)(F)F)c2c(N)c(C(=O)Nc3cccc4ncccc34)sc2n1. The number of carbonyl (C=O) groups excluding carboxylic acids is 1. The molecule has 1 amide bonds. The summed E-state index contributed by atoms with van der Waals surface area (Å²) < 4.78 is 40.3. The highest BCUT2D eigenvalue weighted by Gasteiger charge is 2.35. The Bertz CT molecular complexity index is 1230. The quantitative estimate of drug-likeness (QED) is 0.494. The summed E-state index contributed by atoms with van der Waals surface area (Å²) in [5.74, 6) is -0.595. The zero-order valence-corrected chi connectivity index (χ0v) is 15.3. The number of anilines is 2. The third kappa shape index (κ3) is 3.03. The van der Waals surface area contributed by atoms with E-state index in [9.17, 15) is 18.0 Å². The molecule has 4 rings (SSSR count). The van der Waals surface area contributed by atoms with Gasteiger partial charge in [-0.2, -0.15) is 13.2 Å². The van der Waals surface area contributed by atoms with E-state index in [0.29, 0.717) is 16.6 Å². The second-order valence-corrected chi connectivity index (χ2v) is 7.16. The molecule has 1 aromatic carbocycles. The normalized spacial score (nSPS) is 11.9. The molecule has 3 N–H and O–H groups in total. The fourth-order valence-corrected chi connectivity index (χ4v) is 4.09. The van der Waals surface area contributed by atoms with Crippen molar-refractivity contribution < 1.29 is 18.0 Å². The summed E-state index contributed by atoms with van der Waals surface area (Å²) in [6.07, 6.45) is -2.97. The smallest absolute Gasteiger partial charge is 0.397 e. The highest BCUT2D eigenvalue weighted by molar-refractivity contribution is 7.21. The first-order valence-electron chi connectivity index (χ1n) is 8.17. The molecule has 9 heteroatoms. The number of rotatable bonds is 2. The standard InChI is InChI=1S/C19H13F3N4OS/c1-9-8-11(19(20,21)22)14-15(23)16(28-18(14)25-9)17(27)26-13-6-2-5-12-10(13)4-3-7-24-12/h2-8H,23H2,1H3,(H,26,27). The minimum absolute atomic E-state index is 0.0144. The van der Waals surface area contributed by atoms with Crippen molar-refractivity contribution in [2.24, 2.45) is 0 Å². The molecule has 0 atom stereocenters. The molecule has 3 heterocycles. The van der Waals surface area contributed by atoms with Crippen molar-refractivity contribution >= 4 is 49.7 Å². The van der Waals surface area contributed by atoms with Crippen LogP contribution < -0.4 is 11.1 Å². The van der Waals surface area contributed by atoms with Crippen LogP contribution in [0.1, 0.15) is 20.9 Å². The van der Waals surface area contributed by atoms with Crippen LogP contribution in [0.15, 0.2) is 42.6 Å². The van der Waals surface area contributed by atoms with Crippen LogP contribution in [0, 0.1) is 6.92 Å². The van der Waals surface area contributed by atoms with Crippen molar-refractivity contribution in [3.8, 4) is 0 Å². The van der Waals surface area contributed by atoms with Crippen molar-refractivity contribution in [3.05, 3.63) is 58.7 Å². The zero-order chi connectivity index (χ0) is 20.1. The molecule has 0 bridgehead atoms. The Morgan fingerprint density at radius 3 is 2.75 bits per heavy atom. The van der Waals surface area contributed by atoms with E-state index in [1.54, 1.807) is 36.5 Å². The topological polar surface area (TPSA) is 80.9 Å². The number of halogens is 3. The zero-order valence-electron chi connectivity index (χ0n) is 14.5. The number of carbonyl (C=O) groups is 1. The Labute approximate surface area is 161 Å². The Hall–Kier alpha value is -3.20.